The zero-order valence-electron chi connectivity index (χ0n) is 9.88. The van der Waals surface area contributed by atoms with Crippen LogP contribution in [0, 0.1) is 10.1 Å². The van der Waals surface area contributed by atoms with Crippen molar-refractivity contribution < 1.29 is 9.72 Å². The fourth-order valence-corrected chi connectivity index (χ4v) is 1.14. The van der Waals surface area contributed by atoms with E-state index < -0.39 is 4.92 Å². The van der Waals surface area contributed by atoms with Gasteiger partial charge in [0.2, 0.25) is 0 Å². The molecule has 90 valence electrons. The molecule has 0 bridgehead atoms. The molecule has 0 N–H and O–H groups in total. The molecule has 6 heteroatoms. The van der Waals surface area contributed by atoms with Gasteiger partial charge in [-0.2, -0.15) is 5.10 Å². The van der Waals surface area contributed by atoms with Gasteiger partial charge in [0.15, 0.2) is 5.78 Å². The Morgan fingerprint density at radius 3 is 2.24 bits per heavy atom. The molecule has 0 aliphatic heterocycles. The Labute approximate surface area is 98.7 Å². The Morgan fingerprint density at radius 1 is 1.29 bits per heavy atom. The summed E-state index contributed by atoms with van der Waals surface area (Å²) in [6.07, 6.45) is 0. The van der Waals surface area contributed by atoms with Gasteiger partial charge in [0, 0.05) is 26.1 Å². The average molecular weight is 235 g/mol. The number of anilines is 1. The quantitative estimate of drug-likeness (QED) is 0.454. The van der Waals surface area contributed by atoms with Crippen molar-refractivity contribution in [3.05, 3.63) is 34.4 Å². The van der Waals surface area contributed by atoms with E-state index in [9.17, 15) is 14.9 Å². The van der Waals surface area contributed by atoms with E-state index in [0.717, 1.165) is 0 Å². The van der Waals surface area contributed by atoms with Crippen molar-refractivity contribution in [3.8, 4) is 0 Å². The second-order valence-electron chi connectivity index (χ2n) is 3.54. The first-order valence-corrected chi connectivity index (χ1v) is 4.96. The summed E-state index contributed by atoms with van der Waals surface area (Å²) in [7, 11) is 1.67. The van der Waals surface area contributed by atoms with E-state index in [2.05, 4.69) is 5.10 Å². The van der Waals surface area contributed by atoms with Crippen molar-refractivity contribution in [2.24, 2.45) is 5.10 Å². The first-order chi connectivity index (χ1) is 7.91. The predicted octanol–water partition coefficient (Wildman–Crippen LogP) is 2.00. The van der Waals surface area contributed by atoms with Crippen LogP contribution < -0.4 is 5.01 Å². The molecular weight excluding hydrogens is 222 g/mol. The summed E-state index contributed by atoms with van der Waals surface area (Å²) in [6.45, 7) is 3.05. The standard InChI is InChI=1S/C11H13N3O3/c1-8(9(2)15)12-13(3)10-4-6-11(7-5-10)14(16)17/h4-7H,1-3H3. The maximum Gasteiger partial charge on any atom is 0.269 e. The highest BCUT2D eigenvalue weighted by Gasteiger charge is 2.07. The molecule has 0 spiro atoms. The Morgan fingerprint density at radius 2 is 1.82 bits per heavy atom. The van der Waals surface area contributed by atoms with Gasteiger partial charge in [0.25, 0.3) is 5.69 Å². The average Bonchev–Trinajstić information content (AvgIpc) is 2.28. The number of nitro groups is 1. The molecule has 0 atom stereocenters. The lowest BCUT2D eigenvalue weighted by Gasteiger charge is -2.13. The highest BCUT2D eigenvalue weighted by molar-refractivity contribution is 6.38. The SMILES string of the molecule is CC(=O)C(C)=NN(C)c1ccc([N+](=O)[O-])cc1. The van der Waals surface area contributed by atoms with E-state index in [1.807, 2.05) is 0 Å². The molecule has 0 unspecified atom stereocenters. The predicted molar refractivity (Wildman–Crippen MR) is 65.3 cm³/mol. The summed E-state index contributed by atoms with van der Waals surface area (Å²) in [4.78, 5) is 21.0. The minimum Gasteiger partial charge on any atom is -0.293 e. The second kappa shape index (κ2) is 5.20. The molecular formula is C11H13N3O3. The van der Waals surface area contributed by atoms with Gasteiger partial charge in [-0.15, -0.1) is 0 Å². The van der Waals surface area contributed by atoms with Crippen LogP contribution in [0.5, 0.6) is 0 Å². The van der Waals surface area contributed by atoms with E-state index in [0.29, 0.717) is 11.4 Å². The van der Waals surface area contributed by atoms with Gasteiger partial charge in [-0.1, -0.05) is 0 Å². The smallest absolute Gasteiger partial charge is 0.269 e. The van der Waals surface area contributed by atoms with E-state index >= 15 is 0 Å². The van der Waals surface area contributed by atoms with E-state index in [-0.39, 0.29) is 11.5 Å². The number of hydrogen-bond acceptors (Lipinski definition) is 5. The molecule has 0 saturated carbocycles. The van der Waals surface area contributed by atoms with E-state index in [1.54, 1.807) is 26.1 Å². The fraction of sp³-hybridized carbons (Fsp3) is 0.273. The normalized spacial score (nSPS) is 11.1. The zero-order chi connectivity index (χ0) is 13.0. The van der Waals surface area contributed by atoms with E-state index in [1.165, 1.54) is 24.1 Å². The van der Waals surface area contributed by atoms with E-state index in [4.69, 9.17) is 0 Å². The third kappa shape index (κ3) is 3.37. The zero-order valence-corrected chi connectivity index (χ0v) is 9.88. The number of ketones is 1. The lowest BCUT2D eigenvalue weighted by molar-refractivity contribution is -0.384. The molecule has 0 heterocycles. The molecule has 0 fully saturated rings. The summed E-state index contributed by atoms with van der Waals surface area (Å²) >= 11 is 0. The molecule has 0 amide bonds. The van der Waals surface area contributed by atoms with Gasteiger partial charge in [-0.05, 0) is 19.1 Å². The third-order valence-corrected chi connectivity index (χ3v) is 2.24. The highest BCUT2D eigenvalue weighted by Crippen LogP contribution is 2.18. The number of hydrazone groups is 1. The van der Waals surface area contributed by atoms with Crippen molar-refractivity contribution in [1.29, 1.82) is 0 Å². The lowest BCUT2D eigenvalue weighted by atomic mass is 10.3. The van der Waals surface area contributed by atoms with Crippen LogP contribution >= 0.6 is 0 Å². The van der Waals surface area contributed by atoms with Crippen molar-refractivity contribution in [1.82, 2.24) is 0 Å². The molecule has 1 aromatic carbocycles. The molecule has 0 saturated heterocycles. The maximum absolute atomic E-state index is 11.0. The lowest BCUT2D eigenvalue weighted by Crippen LogP contribution is -2.15. The van der Waals surface area contributed by atoms with Crippen molar-refractivity contribution >= 4 is 22.9 Å². The molecule has 0 aliphatic carbocycles. The summed E-state index contributed by atoms with van der Waals surface area (Å²) in [5, 5.41) is 16.0. The van der Waals surface area contributed by atoms with Gasteiger partial charge < -0.3 is 0 Å². The Bertz CT molecular complexity index is 465. The highest BCUT2D eigenvalue weighted by atomic mass is 16.6. The molecule has 0 radical (unpaired) electrons. The largest absolute Gasteiger partial charge is 0.293 e. The molecule has 6 nitrogen and oxygen atoms in total. The van der Waals surface area contributed by atoms with Gasteiger partial charge in [0.05, 0.1) is 10.6 Å². The van der Waals surface area contributed by atoms with Gasteiger partial charge in [0.1, 0.15) is 5.71 Å². The number of hydrogen-bond donors (Lipinski definition) is 0. The van der Waals surface area contributed by atoms with Crippen LogP contribution in [0.15, 0.2) is 29.4 Å². The van der Waals surface area contributed by atoms with Crippen LogP contribution in [-0.4, -0.2) is 23.5 Å². The second-order valence-corrected chi connectivity index (χ2v) is 3.54. The van der Waals surface area contributed by atoms with Crippen LogP contribution in [0.2, 0.25) is 0 Å². The monoisotopic (exact) mass is 235 g/mol. The Hall–Kier alpha value is -2.24. The number of nitrogens with zero attached hydrogens (tertiary/aromatic N) is 3. The van der Waals surface area contributed by atoms with Crippen LogP contribution in [0.3, 0.4) is 0 Å². The van der Waals surface area contributed by atoms with Crippen molar-refractivity contribution in [2.75, 3.05) is 12.1 Å². The summed E-state index contributed by atoms with van der Waals surface area (Å²) < 4.78 is 0. The first-order valence-electron chi connectivity index (χ1n) is 4.96. The van der Waals surface area contributed by atoms with Crippen LogP contribution in [0.25, 0.3) is 0 Å². The van der Waals surface area contributed by atoms with Gasteiger partial charge in [-0.25, -0.2) is 0 Å². The topological polar surface area (TPSA) is 75.8 Å². The summed E-state index contributed by atoms with van der Waals surface area (Å²) in [5.74, 6) is -0.112. The molecule has 1 aromatic rings. The molecule has 17 heavy (non-hydrogen) atoms. The number of carbonyl (C=O) groups excluding carboxylic acids is 1. The number of Topliss-reactive ketones (excluding diaryl/α,β-unsaturated/α-hetero) is 1. The Balaban J connectivity index is 2.90. The van der Waals surface area contributed by atoms with Crippen molar-refractivity contribution in [3.63, 3.8) is 0 Å². The fourth-order valence-electron chi connectivity index (χ4n) is 1.14. The number of rotatable bonds is 4. The Kier molecular flexibility index (Phi) is 3.92. The minimum absolute atomic E-state index is 0.0226. The maximum atomic E-state index is 11.0. The van der Waals surface area contributed by atoms with Crippen molar-refractivity contribution in [2.45, 2.75) is 13.8 Å². The molecule has 0 aliphatic rings. The van der Waals surface area contributed by atoms with Crippen LogP contribution in [-0.2, 0) is 4.79 Å². The number of non-ortho nitro benzene ring substituents is 1. The van der Waals surface area contributed by atoms with Gasteiger partial charge >= 0.3 is 0 Å². The summed E-state index contributed by atoms with van der Waals surface area (Å²) in [5.41, 5.74) is 1.08. The van der Waals surface area contributed by atoms with Gasteiger partial charge in [-0.3, -0.25) is 19.9 Å². The first kappa shape index (κ1) is 12.8. The third-order valence-electron chi connectivity index (χ3n) is 2.24. The number of benzene rings is 1. The number of nitro benzene ring substituents is 1. The molecule has 0 aromatic heterocycles. The molecule has 1 rings (SSSR count). The van der Waals surface area contributed by atoms with Crippen LogP contribution in [0.1, 0.15) is 13.8 Å². The summed E-state index contributed by atoms with van der Waals surface area (Å²) in [6, 6.07) is 5.94. The van der Waals surface area contributed by atoms with Crippen LogP contribution in [0.4, 0.5) is 11.4 Å². The number of carbonyl (C=O) groups is 1. The minimum atomic E-state index is -0.464.